The largest absolute Gasteiger partial charge is 0.435 e. The highest BCUT2D eigenvalue weighted by molar-refractivity contribution is 7.10. The van der Waals surface area contributed by atoms with E-state index in [2.05, 4.69) is 21.8 Å². The summed E-state index contributed by atoms with van der Waals surface area (Å²) in [5, 5.41) is 6.69. The van der Waals surface area contributed by atoms with Crippen LogP contribution in [0.25, 0.3) is 11.3 Å². The average Bonchev–Trinajstić information content (AvgIpc) is 3.73. The molecule has 0 spiro atoms. The molecule has 2 atom stereocenters. The fourth-order valence-electron chi connectivity index (χ4n) is 4.65. The van der Waals surface area contributed by atoms with E-state index in [1.807, 2.05) is 36.6 Å². The van der Waals surface area contributed by atoms with Gasteiger partial charge in [-0.25, -0.2) is 28.2 Å². The Morgan fingerprint density at radius 1 is 1.14 bits per heavy atom. The number of hydrogen-bond acceptors (Lipinski definition) is 8. The topological polar surface area (TPSA) is 91.5 Å². The highest BCUT2D eigenvalue weighted by Gasteiger charge is 2.45. The molecule has 0 saturated carbocycles. The molecule has 0 bridgehead atoms. The van der Waals surface area contributed by atoms with Crippen LogP contribution in [0, 0.1) is 11.6 Å². The van der Waals surface area contributed by atoms with Gasteiger partial charge < -0.3 is 9.47 Å². The van der Waals surface area contributed by atoms with Gasteiger partial charge in [0.1, 0.15) is 29.9 Å². The zero-order valence-electron chi connectivity index (χ0n) is 23.0. The molecule has 2 heterocycles. The Morgan fingerprint density at radius 2 is 1.91 bits per heavy atom. The van der Waals surface area contributed by atoms with E-state index in [0.717, 1.165) is 28.9 Å². The van der Waals surface area contributed by atoms with Crippen LogP contribution in [0.3, 0.4) is 0 Å². The van der Waals surface area contributed by atoms with E-state index in [0.29, 0.717) is 22.1 Å². The van der Waals surface area contributed by atoms with Gasteiger partial charge in [0.2, 0.25) is 0 Å². The first-order chi connectivity index (χ1) is 20.8. The summed E-state index contributed by atoms with van der Waals surface area (Å²) >= 11 is 7.21. The number of aliphatic imine (C=N–C) groups is 1. The van der Waals surface area contributed by atoms with Crippen molar-refractivity contribution in [3.63, 3.8) is 0 Å². The average molecular weight is 622 g/mol. The van der Waals surface area contributed by atoms with Crippen LogP contribution in [-0.2, 0) is 27.5 Å². The Morgan fingerprint density at radius 3 is 2.56 bits per heavy atom. The number of halogens is 3. The van der Waals surface area contributed by atoms with Gasteiger partial charge in [0.25, 0.3) is 0 Å². The highest BCUT2D eigenvalue weighted by atomic mass is 35.5. The van der Waals surface area contributed by atoms with E-state index < -0.39 is 35.9 Å². The summed E-state index contributed by atoms with van der Waals surface area (Å²) in [5.41, 5.74) is 1.90. The molecule has 0 fully saturated rings. The predicted molar refractivity (Wildman–Crippen MR) is 161 cm³/mol. The van der Waals surface area contributed by atoms with Crippen molar-refractivity contribution in [1.29, 1.82) is 0 Å². The molecule has 0 N–H and O–H groups in total. The lowest BCUT2D eigenvalue weighted by Crippen LogP contribution is -2.42. The van der Waals surface area contributed by atoms with Gasteiger partial charge in [0.05, 0.1) is 28.5 Å². The van der Waals surface area contributed by atoms with Crippen molar-refractivity contribution >= 4 is 41.3 Å². The molecule has 0 aliphatic heterocycles. The van der Waals surface area contributed by atoms with E-state index in [9.17, 15) is 9.18 Å². The number of carbonyl (C=O) groups excluding carboxylic acids is 1. The first-order valence-electron chi connectivity index (χ1n) is 13.1. The number of rotatable bonds is 12. The van der Waals surface area contributed by atoms with Gasteiger partial charge in [-0.2, -0.15) is 5.10 Å². The van der Waals surface area contributed by atoms with Crippen molar-refractivity contribution in [1.82, 2.24) is 19.7 Å². The summed E-state index contributed by atoms with van der Waals surface area (Å²) in [6.07, 6.45) is 2.80. The zero-order valence-corrected chi connectivity index (χ0v) is 24.6. The molecule has 2 aromatic heterocycles. The summed E-state index contributed by atoms with van der Waals surface area (Å²) in [7, 11) is 0. The molecule has 0 amide bonds. The zero-order chi connectivity index (χ0) is 30.4. The predicted octanol–water partition coefficient (Wildman–Crippen LogP) is 7.28. The van der Waals surface area contributed by atoms with E-state index in [4.69, 9.17) is 26.1 Å². The van der Waals surface area contributed by atoms with E-state index >= 15 is 4.39 Å². The Bertz CT molecular complexity index is 1700. The van der Waals surface area contributed by atoms with Crippen molar-refractivity contribution in [3.05, 3.63) is 118 Å². The van der Waals surface area contributed by atoms with Gasteiger partial charge >= 0.3 is 5.97 Å². The van der Waals surface area contributed by atoms with Crippen LogP contribution in [-0.4, -0.2) is 39.2 Å². The van der Waals surface area contributed by atoms with Crippen LogP contribution in [0.2, 0.25) is 0 Å². The summed E-state index contributed by atoms with van der Waals surface area (Å²) in [4.78, 5) is 25.6. The molecule has 8 nitrogen and oxygen atoms in total. The molecule has 43 heavy (non-hydrogen) atoms. The van der Waals surface area contributed by atoms with Gasteiger partial charge in [0.15, 0.2) is 6.79 Å². The van der Waals surface area contributed by atoms with Crippen LogP contribution in [0.5, 0.6) is 0 Å². The Labute approximate surface area is 255 Å². The molecule has 0 aliphatic carbocycles. The van der Waals surface area contributed by atoms with Crippen molar-refractivity contribution in [2.24, 2.45) is 4.99 Å². The minimum Gasteiger partial charge on any atom is -0.435 e. The minimum absolute atomic E-state index is 0.0394. The van der Waals surface area contributed by atoms with Crippen molar-refractivity contribution in [2.75, 3.05) is 6.79 Å². The third-order valence-electron chi connectivity index (χ3n) is 7.04. The number of nitrogens with zero attached hydrogens (tertiary/aromatic N) is 5. The SMILES string of the molecule is C=Nc1ccc(-c2csc([C@H](C)C(Cn3cncn3)(OCOC(=O)c3ccc(CCl)cc3)c3ccc(F)cc3F)n2)cc1. The van der Waals surface area contributed by atoms with E-state index in [1.165, 1.54) is 34.7 Å². The third kappa shape index (κ3) is 6.69. The van der Waals surface area contributed by atoms with Crippen LogP contribution in [0.15, 0.2) is 89.8 Å². The standard InChI is InChI=1S/C31H26ClF2N5O3S/c1-20(29-38-28(15-43-29)22-7-10-25(35-2)11-8-22)31(16-39-18-36-17-37-39,26-12-9-24(33)13-27(26)34)42-19-41-30(40)23-5-3-21(14-32)4-6-23/h3-13,15,17-18,20H,2,14,16,19H2,1H3/t20-,31?/m0/s1. The number of esters is 1. The second-order valence-electron chi connectivity index (χ2n) is 9.63. The highest BCUT2D eigenvalue weighted by Crippen LogP contribution is 2.44. The van der Waals surface area contributed by atoms with Gasteiger partial charge in [-0.05, 0) is 42.6 Å². The number of alkyl halides is 1. The lowest BCUT2D eigenvalue weighted by Gasteiger charge is -2.38. The molecule has 5 aromatic rings. The van der Waals surface area contributed by atoms with Crippen LogP contribution < -0.4 is 0 Å². The number of hydrogen-bond donors (Lipinski definition) is 0. The van der Waals surface area contributed by atoms with Gasteiger partial charge in [-0.15, -0.1) is 22.9 Å². The molecule has 220 valence electrons. The minimum atomic E-state index is -1.56. The smallest absolute Gasteiger partial charge is 0.340 e. The van der Waals surface area contributed by atoms with Gasteiger partial charge in [0, 0.05) is 34.4 Å². The van der Waals surface area contributed by atoms with Crippen molar-refractivity contribution < 1.29 is 23.0 Å². The van der Waals surface area contributed by atoms with Crippen molar-refractivity contribution in [3.8, 4) is 11.3 Å². The first-order valence-corrected chi connectivity index (χ1v) is 14.5. The maximum Gasteiger partial charge on any atom is 0.340 e. The molecular formula is C31H26ClF2N5O3S. The van der Waals surface area contributed by atoms with Crippen LogP contribution in [0.4, 0.5) is 14.5 Å². The Kier molecular flexibility index (Phi) is 9.34. The monoisotopic (exact) mass is 621 g/mol. The lowest BCUT2D eigenvalue weighted by molar-refractivity contribution is -0.148. The molecule has 3 aromatic carbocycles. The number of ether oxygens (including phenoxy) is 2. The molecule has 12 heteroatoms. The van der Waals surface area contributed by atoms with Gasteiger partial charge in [-0.3, -0.25) is 4.99 Å². The van der Waals surface area contributed by atoms with E-state index in [1.54, 1.807) is 24.3 Å². The number of carbonyl (C=O) groups is 1. The summed E-state index contributed by atoms with van der Waals surface area (Å²) < 4.78 is 43.0. The van der Waals surface area contributed by atoms with Crippen LogP contribution >= 0.6 is 22.9 Å². The molecule has 0 saturated heterocycles. The normalized spacial score (nSPS) is 13.3. The van der Waals surface area contributed by atoms with Gasteiger partial charge in [-0.1, -0.05) is 37.3 Å². The lowest BCUT2D eigenvalue weighted by atomic mass is 9.81. The van der Waals surface area contributed by atoms with E-state index in [-0.39, 0.29) is 12.1 Å². The Balaban J connectivity index is 1.51. The fraction of sp³-hybridized carbons (Fsp3) is 0.194. The van der Waals surface area contributed by atoms with Crippen LogP contribution in [0.1, 0.15) is 39.3 Å². The summed E-state index contributed by atoms with van der Waals surface area (Å²) in [6.45, 7) is 4.77. The second kappa shape index (κ2) is 13.3. The molecule has 1 unspecified atom stereocenters. The molecule has 0 radical (unpaired) electrons. The first kappa shape index (κ1) is 30.1. The maximum absolute atomic E-state index is 15.6. The summed E-state index contributed by atoms with van der Waals surface area (Å²) in [6, 6.07) is 17.3. The number of thiazole rings is 1. The molecular weight excluding hydrogens is 596 g/mol. The molecule has 0 aliphatic rings. The second-order valence-corrected chi connectivity index (χ2v) is 10.8. The number of benzene rings is 3. The third-order valence-corrected chi connectivity index (χ3v) is 8.37. The maximum atomic E-state index is 15.6. The van der Waals surface area contributed by atoms with Crippen molar-refractivity contribution in [2.45, 2.75) is 30.9 Å². The Hall–Kier alpha value is -4.32. The fourth-order valence-corrected chi connectivity index (χ4v) is 5.79. The number of aromatic nitrogens is 4. The molecule has 5 rings (SSSR count). The summed E-state index contributed by atoms with van der Waals surface area (Å²) in [5.74, 6) is -2.55. The quantitative estimate of drug-likeness (QED) is 0.0629.